The van der Waals surface area contributed by atoms with Gasteiger partial charge in [-0.2, -0.15) is 0 Å². The molecule has 1 atom stereocenters. The number of hydrogen-bond donors (Lipinski definition) is 1. The number of nitrogens with one attached hydrogen (secondary N) is 1. The summed E-state index contributed by atoms with van der Waals surface area (Å²) in [6, 6.07) is 0. The molecule has 14 heavy (non-hydrogen) atoms. The second-order valence-electron chi connectivity index (χ2n) is 3.71. The summed E-state index contributed by atoms with van der Waals surface area (Å²) in [6.45, 7) is 4.86. The van der Waals surface area contributed by atoms with Crippen LogP contribution in [0.4, 0.5) is 0 Å². The number of likely N-dealkylation sites (tertiary alicyclic amines) is 1. The molecule has 3 heteroatoms. The Bertz CT molecular complexity index is 232. The van der Waals surface area contributed by atoms with Crippen LogP contribution in [-0.2, 0) is 4.79 Å². The second kappa shape index (κ2) is 5.66. The van der Waals surface area contributed by atoms with E-state index < -0.39 is 0 Å². The molecular weight excluding hydrogens is 176 g/mol. The highest BCUT2D eigenvalue weighted by atomic mass is 16.2. The quantitative estimate of drug-likeness (QED) is 0.521. The van der Waals surface area contributed by atoms with Crippen LogP contribution in [0.3, 0.4) is 0 Å². The van der Waals surface area contributed by atoms with E-state index in [1.165, 1.54) is 6.42 Å². The van der Waals surface area contributed by atoms with Crippen LogP contribution in [0.1, 0.15) is 19.8 Å². The first kappa shape index (κ1) is 11.1. The minimum absolute atomic E-state index is 0.177. The summed E-state index contributed by atoms with van der Waals surface area (Å²) in [6.07, 6.45) is 7.39. The van der Waals surface area contributed by atoms with Gasteiger partial charge in [0.05, 0.1) is 13.1 Å². The average molecular weight is 194 g/mol. The maximum Gasteiger partial charge on any atom is 0.236 e. The Morgan fingerprint density at radius 3 is 3.07 bits per heavy atom. The topological polar surface area (TPSA) is 32.3 Å². The third-order valence-corrected chi connectivity index (χ3v) is 2.72. The van der Waals surface area contributed by atoms with Crippen molar-refractivity contribution in [3.05, 3.63) is 0 Å². The first-order valence-electron chi connectivity index (χ1n) is 5.19. The lowest BCUT2D eigenvalue weighted by Gasteiger charge is -2.16. The molecule has 0 saturated carbocycles. The molecule has 0 bridgehead atoms. The Labute approximate surface area is 85.9 Å². The number of carbonyl (C=O) groups excluding carboxylic acids is 1. The number of amides is 1. The van der Waals surface area contributed by atoms with Gasteiger partial charge in [-0.15, -0.1) is 6.42 Å². The Balaban J connectivity index is 2.22. The average Bonchev–Trinajstić information content (AvgIpc) is 2.66. The minimum Gasteiger partial charge on any atom is -0.341 e. The largest absolute Gasteiger partial charge is 0.341 e. The van der Waals surface area contributed by atoms with Crippen LogP contribution < -0.4 is 5.32 Å². The van der Waals surface area contributed by atoms with Gasteiger partial charge in [-0.25, -0.2) is 0 Å². The van der Waals surface area contributed by atoms with Crippen molar-refractivity contribution in [2.24, 2.45) is 5.92 Å². The molecule has 1 saturated heterocycles. The van der Waals surface area contributed by atoms with Gasteiger partial charge in [-0.3, -0.25) is 10.1 Å². The minimum atomic E-state index is 0.177. The van der Waals surface area contributed by atoms with E-state index in [-0.39, 0.29) is 5.91 Å². The van der Waals surface area contributed by atoms with Gasteiger partial charge < -0.3 is 4.90 Å². The lowest BCUT2D eigenvalue weighted by atomic mass is 10.1. The van der Waals surface area contributed by atoms with Gasteiger partial charge in [0, 0.05) is 13.1 Å². The van der Waals surface area contributed by atoms with Gasteiger partial charge in [-0.05, 0) is 12.3 Å². The zero-order chi connectivity index (χ0) is 10.4. The van der Waals surface area contributed by atoms with Crippen LogP contribution in [0.2, 0.25) is 0 Å². The molecule has 0 aromatic carbocycles. The van der Waals surface area contributed by atoms with Gasteiger partial charge in [0.1, 0.15) is 0 Å². The van der Waals surface area contributed by atoms with Gasteiger partial charge in [-0.1, -0.05) is 19.3 Å². The monoisotopic (exact) mass is 194 g/mol. The molecule has 0 spiro atoms. The third-order valence-electron chi connectivity index (χ3n) is 2.72. The molecule has 1 unspecified atom stereocenters. The summed E-state index contributed by atoms with van der Waals surface area (Å²) < 4.78 is 0. The zero-order valence-corrected chi connectivity index (χ0v) is 8.75. The van der Waals surface area contributed by atoms with Crippen LogP contribution in [-0.4, -0.2) is 37.0 Å². The molecule has 1 heterocycles. The summed E-state index contributed by atoms with van der Waals surface area (Å²) in [5.74, 6) is 3.33. The van der Waals surface area contributed by atoms with E-state index in [4.69, 9.17) is 6.42 Å². The maximum absolute atomic E-state index is 11.6. The van der Waals surface area contributed by atoms with Crippen LogP contribution in [0, 0.1) is 18.3 Å². The number of rotatable bonds is 4. The molecule has 1 N–H and O–H groups in total. The fraction of sp³-hybridized carbons (Fsp3) is 0.727. The third kappa shape index (κ3) is 3.04. The molecular formula is C11H18N2O. The van der Waals surface area contributed by atoms with Crippen LogP contribution in [0.15, 0.2) is 0 Å². The molecule has 1 rings (SSSR count). The molecule has 3 nitrogen and oxygen atoms in total. The molecule has 1 amide bonds. The molecule has 78 valence electrons. The lowest BCUT2D eigenvalue weighted by Crippen LogP contribution is -2.36. The number of terminal acetylenes is 1. The predicted octanol–water partition coefficient (Wildman–Crippen LogP) is 0.468. The second-order valence-corrected chi connectivity index (χ2v) is 3.71. The van der Waals surface area contributed by atoms with Crippen molar-refractivity contribution in [2.45, 2.75) is 19.8 Å². The van der Waals surface area contributed by atoms with Crippen molar-refractivity contribution >= 4 is 5.91 Å². The van der Waals surface area contributed by atoms with E-state index in [9.17, 15) is 4.79 Å². The van der Waals surface area contributed by atoms with Crippen LogP contribution in [0.5, 0.6) is 0 Å². The Morgan fingerprint density at radius 2 is 2.50 bits per heavy atom. The molecule has 0 aliphatic carbocycles. The van der Waals surface area contributed by atoms with E-state index in [1.54, 1.807) is 0 Å². The lowest BCUT2D eigenvalue weighted by molar-refractivity contribution is -0.129. The van der Waals surface area contributed by atoms with Crippen molar-refractivity contribution < 1.29 is 4.79 Å². The molecule has 1 aliphatic heterocycles. The Kier molecular flexibility index (Phi) is 4.48. The highest BCUT2D eigenvalue weighted by Crippen LogP contribution is 2.18. The van der Waals surface area contributed by atoms with Crippen molar-refractivity contribution in [2.75, 3.05) is 26.2 Å². The molecule has 1 aliphatic rings. The molecule has 0 aromatic rings. The van der Waals surface area contributed by atoms with Crippen LogP contribution >= 0.6 is 0 Å². The highest BCUT2D eigenvalue weighted by Gasteiger charge is 2.24. The maximum atomic E-state index is 11.6. The van der Waals surface area contributed by atoms with Crippen LogP contribution in [0.25, 0.3) is 0 Å². The van der Waals surface area contributed by atoms with Crippen molar-refractivity contribution in [3.8, 4) is 12.3 Å². The van der Waals surface area contributed by atoms with E-state index in [2.05, 4.69) is 18.2 Å². The van der Waals surface area contributed by atoms with Crippen molar-refractivity contribution in [3.63, 3.8) is 0 Å². The first-order valence-corrected chi connectivity index (χ1v) is 5.19. The van der Waals surface area contributed by atoms with Crippen molar-refractivity contribution in [1.82, 2.24) is 10.2 Å². The highest BCUT2D eigenvalue weighted by molar-refractivity contribution is 5.78. The Hall–Kier alpha value is -1.01. The van der Waals surface area contributed by atoms with Gasteiger partial charge in [0.15, 0.2) is 0 Å². The normalized spacial score (nSPS) is 20.9. The van der Waals surface area contributed by atoms with Crippen molar-refractivity contribution in [1.29, 1.82) is 0 Å². The molecule has 0 radical (unpaired) electrons. The summed E-state index contributed by atoms with van der Waals surface area (Å²) in [5, 5.41) is 2.92. The fourth-order valence-electron chi connectivity index (χ4n) is 1.75. The fourth-order valence-corrected chi connectivity index (χ4v) is 1.75. The van der Waals surface area contributed by atoms with E-state index >= 15 is 0 Å². The SMILES string of the molecule is C#CCNCC(=O)N1CCC(CC)C1. The number of nitrogens with zero attached hydrogens (tertiary/aromatic N) is 1. The smallest absolute Gasteiger partial charge is 0.236 e. The number of carbonyl (C=O) groups is 1. The first-order chi connectivity index (χ1) is 6.77. The summed E-state index contributed by atoms with van der Waals surface area (Å²) in [5.41, 5.74) is 0. The van der Waals surface area contributed by atoms with E-state index in [0.29, 0.717) is 19.0 Å². The summed E-state index contributed by atoms with van der Waals surface area (Å²) >= 11 is 0. The summed E-state index contributed by atoms with van der Waals surface area (Å²) in [7, 11) is 0. The van der Waals surface area contributed by atoms with E-state index in [1.807, 2.05) is 4.90 Å². The molecule has 1 fully saturated rings. The molecule has 0 aromatic heterocycles. The standard InChI is InChI=1S/C11H18N2O/c1-3-6-12-8-11(14)13-7-5-10(4-2)9-13/h1,10,12H,4-9H2,2H3. The van der Waals surface area contributed by atoms with E-state index in [0.717, 1.165) is 19.5 Å². The number of hydrogen-bond acceptors (Lipinski definition) is 2. The van der Waals surface area contributed by atoms with Gasteiger partial charge >= 0.3 is 0 Å². The van der Waals surface area contributed by atoms with Gasteiger partial charge in [0.2, 0.25) is 5.91 Å². The Morgan fingerprint density at radius 1 is 1.71 bits per heavy atom. The predicted molar refractivity (Wildman–Crippen MR) is 56.7 cm³/mol. The van der Waals surface area contributed by atoms with Gasteiger partial charge in [0.25, 0.3) is 0 Å². The summed E-state index contributed by atoms with van der Waals surface area (Å²) in [4.78, 5) is 13.5. The zero-order valence-electron chi connectivity index (χ0n) is 8.75.